The van der Waals surface area contributed by atoms with Crippen LogP contribution in [-0.4, -0.2) is 89.7 Å². The van der Waals surface area contributed by atoms with Crippen molar-refractivity contribution in [3.8, 4) is 0 Å². The molecule has 4 aromatic rings. The number of ether oxygens (including phenoxy) is 2. The summed E-state index contributed by atoms with van der Waals surface area (Å²) < 4.78 is 68.9. The maximum atomic E-state index is 14.2. The Bertz CT molecular complexity index is 3220. The Morgan fingerprint density at radius 3 is 1.97 bits per heavy atom. The number of fused-ring (bicyclic) bond motifs is 6. The molecule has 0 saturated heterocycles. The Labute approximate surface area is 413 Å². The zero-order valence-corrected chi connectivity index (χ0v) is 43.7. The molecule has 1 aliphatic carbocycles. The van der Waals surface area contributed by atoms with Crippen molar-refractivity contribution in [1.82, 2.24) is 4.72 Å². The first-order valence-corrected chi connectivity index (χ1v) is 27.1. The van der Waals surface area contributed by atoms with Gasteiger partial charge in [0, 0.05) is 49.3 Å². The summed E-state index contributed by atoms with van der Waals surface area (Å²) in [7, 11) is -7.89. The molecule has 0 radical (unpaired) electrons. The summed E-state index contributed by atoms with van der Waals surface area (Å²) in [5.41, 5.74) is 2.24. The third kappa shape index (κ3) is 10.0. The van der Waals surface area contributed by atoms with Gasteiger partial charge in [0.2, 0.25) is 25.7 Å². The summed E-state index contributed by atoms with van der Waals surface area (Å²) >= 11 is 7.13. The lowest BCUT2D eigenvalue weighted by Crippen LogP contribution is -2.44. The van der Waals surface area contributed by atoms with E-state index in [2.05, 4.69) is 41.0 Å². The number of benzene rings is 4. The first kappa shape index (κ1) is 50.4. The van der Waals surface area contributed by atoms with Crippen molar-refractivity contribution in [2.75, 3.05) is 43.7 Å². The Morgan fingerprint density at radius 1 is 0.809 bits per heavy atom. The zero-order valence-electron chi connectivity index (χ0n) is 38.9. The number of carbonyl (C=O) groups excluding carboxylic acids is 3. The molecule has 2 aliphatic heterocycles. The van der Waals surface area contributed by atoms with E-state index in [4.69, 9.17) is 9.47 Å². The van der Waals surface area contributed by atoms with Crippen LogP contribution in [0.25, 0.3) is 21.5 Å². The molecule has 0 aromatic heterocycles. The van der Waals surface area contributed by atoms with Gasteiger partial charge in [-0.15, -0.1) is 0 Å². The van der Waals surface area contributed by atoms with Gasteiger partial charge in [0.25, 0.3) is 5.91 Å². The molecule has 1 N–H and O–H groups in total. The number of esters is 2. The Balaban J connectivity index is 1.42. The van der Waals surface area contributed by atoms with Crippen LogP contribution in [0.3, 0.4) is 0 Å². The number of halogens is 2. The van der Waals surface area contributed by atoms with Crippen molar-refractivity contribution in [1.29, 1.82) is 0 Å². The average Bonchev–Trinajstić information content (AvgIpc) is 3.57. The highest BCUT2D eigenvalue weighted by molar-refractivity contribution is 9.10. The number of hydrogen-bond acceptors (Lipinski definition) is 11. The number of hydrogen-bond donors (Lipinski definition) is 1. The average molecular weight is 1090 g/mol. The van der Waals surface area contributed by atoms with Crippen molar-refractivity contribution < 1.29 is 50.4 Å². The van der Waals surface area contributed by atoms with Crippen LogP contribution in [0.15, 0.2) is 121 Å². The highest BCUT2D eigenvalue weighted by Gasteiger charge is 2.52. The molecular weight excluding hydrogens is 1040 g/mol. The molecule has 0 unspecified atom stereocenters. The number of anilines is 1. The van der Waals surface area contributed by atoms with Gasteiger partial charge in [0.05, 0.1) is 31.1 Å². The topological polar surface area (TPSA) is 192 Å². The molecule has 4 aromatic carbocycles. The minimum Gasteiger partial charge on any atom is -0.857 e. The van der Waals surface area contributed by atoms with Gasteiger partial charge in [0.1, 0.15) is 6.54 Å². The van der Waals surface area contributed by atoms with Gasteiger partial charge in [-0.2, -0.15) is 8.97 Å². The fourth-order valence-corrected chi connectivity index (χ4v) is 11.5. The number of nitrogens with zero attached hydrogens (tertiary/aromatic N) is 3. The minimum absolute atomic E-state index is 0.00409. The van der Waals surface area contributed by atoms with Gasteiger partial charge in [-0.25, -0.2) is 16.8 Å². The summed E-state index contributed by atoms with van der Waals surface area (Å²) in [4.78, 5) is 43.5. The summed E-state index contributed by atoms with van der Waals surface area (Å²) in [6.45, 7) is 10.6. The molecule has 358 valence electrons. The maximum Gasteiger partial charge on any atom is 0.324 e. The van der Waals surface area contributed by atoms with Gasteiger partial charge < -0.3 is 19.5 Å². The summed E-state index contributed by atoms with van der Waals surface area (Å²) in [5, 5.41) is 17.1. The predicted octanol–water partition coefficient (Wildman–Crippen LogP) is 7.69. The van der Waals surface area contributed by atoms with Crippen LogP contribution in [0.2, 0.25) is 0 Å². The molecule has 3 aliphatic rings. The van der Waals surface area contributed by atoms with Gasteiger partial charge in [-0.05, 0) is 121 Å². The first-order chi connectivity index (χ1) is 31.8. The van der Waals surface area contributed by atoms with E-state index in [-0.39, 0.29) is 39.1 Å². The third-order valence-corrected chi connectivity index (χ3v) is 14.5. The van der Waals surface area contributed by atoms with Gasteiger partial charge in [0.15, 0.2) is 17.7 Å². The second kappa shape index (κ2) is 18.8. The Morgan fingerprint density at radius 2 is 1.40 bits per heavy atom. The van der Waals surface area contributed by atoms with Crippen molar-refractivity contribution in [2.24, 2.45) is 9.81 Å². The highest BCUT2D eigenvalue weighted by atomic mass is 79.9. The molecule has 0 fully saturated rings. The molecule has 14 nitrogen and oxygen atoms in total. The molecule has 0 atom stereocenters. The molecule has 68 heavy (non-hydrogen) atoms. The van der Waals surface area contributed by atoms with E-state index < -0.39 is 60.0 Å². The summed E-state index contributed by atoms with van der Waals surface area (Å²) in [6.07, 6.45) is 10.6. The standard InChI is InChI=1S/C50H52Br2N4O10S2/c1-9-65-46(59)50(47(60)66-10-2)26-30(11-21-40-48(3,4)44-36-17-15-34(51)24-32(36)13-19-38(44)55(40)28-42(57)53-67(7,61)62)23-31(27-50)12-22-41-49(5,6)45-37-18-16-35(52)25-33(37)14-20-39(45)56(41)29-43(58)54-68(8,63)64/h11-25H,9-10,26-29H2,1-8H3,(H-,53,54,57,58). The highest BCUT2D eigenvalue weighted by Crippen LogP contribution is 2.52. The van der Waals surface area contributed by atoms with Crippen molar-refractivity contribution in [3.05, 3.63) is 128 Å². The largest absolute Gasteiger partial charge is 0.857 e. The molecule has 18 heteroatoms. The number of amides is 1. The smallest absolute Gasteiger partial charge is 0.324 e. The monoisotopic (exact) mass is 1090 g/mol. The lowest BCUT2D eigenvalue weighted by molar-refractivity contribution is -0.433. The van der Waals surface area contributed by atoms with E-state index in [1.807, 2.05) is 107 Å². The second-order valence-electron chi connectivity index (χ2n) is 18.2. The van der Waals surface area contributed by atoms with E-state index in [1.54, 1.807) is 35.5 Å². The van der Waals surface area contributed by atoms with Gasteiger partial charge >= 0.3 is 11.9 Å². The van der Waals surface area contributed by atoms with E-state index in [0.29, 0.717) is 33.9 Å². The van der Waals surface area contributed by atoms with Crippen LogP contribution in [0.1, 0.15) is 65.5 Å². The van der Waals surface area contributed by atoms with E-state index in [1.165, 1.54) is 0 Å². The molecule has 1 amide bonds. The molecule has 0 bridgehead atoms. The predicted molar refractivity (Wildman–Crippen MR) is 270 cm³/mol. The zero-order chi connectivity index (χ0) is 49.7. The third-order valence-electron chi connectivity index (χ3n) is 12.4. The van der Waals surface area contributed by atoms with Crippen molar-refractivity contribution >= 4 is 114 Å². The maximum absolute atomic E-state index is 14.2. The second-order valence-corrected chi connectivity index (χ2v) is 23.4. The van der Waals surface area contributed by atoms with Crippen LogP contribution in [0.4, 0.5) is 11.4 Å². The molecular formula is C50H52Br2N4O10S2. The number of allylic oxidation sites excluding steroid dienone is 8. The van der Waals surface area contributed by atoms with Gasteiger partial charge in [-0.3, -0.25) is 19.1 Å². The van der Waals surface area contributed by atoms with Crippen LogP contribution in [0, 0.1) is 5.41 Å². The van der Waals surface area contributed by atoms with E-state index >= 15 is 0 Å². The van der Waals surface area contributed by atoms with Crippen LogP contribution in [-0.2, 0) is 54.7 Å². The van der Waals surface area contributed by atoms with Crippen LogP contribution < -0.4 is 14.7 Å². The molecule has 7 rings (SSSR count). The molecule has 0 saturated carbocycles. The number of nitrogens with one attached hydrogen (secondary N) is 1. The van der Waals surface area contributed by atoms with Crippen LogP contribution >= 0.6 is 31.9 Å². The molecule has 2 heterocycles. The SMILES string of the molecule is CCOC(=O)C1(C(=O)OCC)CC(/C=C/C2=[N+](C/C([O-])=N/S(C)(=O)=O)c3ccc4cc(Br)ccc4c3C2(C)C)=CC(=C/C=C2/N(CC(=O)NS(C)(=O)=O)c3ccc4cc(Br)ccc4c3C2(C)C)/C1. The quantitative estimate of drug-likeness (QED) is 0.0454. The Kier molecular flexibility index (Phi) is 14.0. The van der Waals surface area contributed by atoms with E-state index in [0.717, 1.165) is 54.1 Å². The van der Waals surface area contributed by atoms with E-state index in [9.17, 15) is 36.3 Å². The normalized spacial score (nSPS) is 18.9. The summed E-state index contributed by atoms with van der Waals surface area (Å²) in [6, 6.07) is 19.5. The Hall–Kier alpha value is -5.43. The van der Waals surface area contributed by atoms with Crippen molar-refractivity contribution in [2.45, 2.75) is 65.2 Å². The lowest BCUT2D eigenvalue weighted by atomic mass is 9.71. The van der Waals surface area contributed by atoms with Crippen LogP contribution in [0.5, 0.6) is 0 Å². The first-order valence-electron chi connectivity index (χ1n) is 21.8. The van der Waals surface area contributed by atoms with Gasteiger partial charge in [-0.1, -0.05) is 82.1 Å². The summed E-state index contributed by atoms with van der Waals surface area (Å²) in [5.74, 6) is -3.14. The minimum atomic E-state index is -4.01. The fraction of sp³-hybridized carbons (Fsp3) is 0.340. The molecule has 0 spiro atoms. The number of carbonyl (C=O) groups is 3. The van der Waals surface area contributed by atoms with Crippen molar-refractivity contribution in [3.63, 3.8) is 0 Å². The number of sulfonamides is 2. The number of rotatable bonds is 13. The lowest BCUT2D eigenvalue weighted by Gasteiger charge is -2.33. The fourth-order valence-electron chi connectivity index (χ4n) is 9.80.